The van der Waals surface area contributed by atoms with Gasteiger partial charge in [0.1, 0.15) is 11.6 Å². The molecule has 2 saturated carbocycles. The number of halogens is 2. The van der Waals surface area contributed by atoms with Crippen LogP contribution in [0.4, 0.5) is 8.78 Å². The molecule has 776 valence electrons. The first-order valence-electron chi connectivity index (χ1n) is 57.0. The topological polar surface area (TPSA) is 43.4 Å². The molecule has 2 aliphatic rings. The number of ether oxygens (including phenoxy) is 1. The van der Waals surface area contributed by atoms with E-state index < -0.39 is 5.92 Å². The fraction of sp³-hybridized carbons (Fsp3) is 0.951. The number of carbonyl (C=O) groups excluding carboxylic acids is 2. The standard InChI is InChI=1S/C14H28O.C13H26F2.C13H26O.C13H28.C12H26O.4C12H24.C10H22/c1-12(2)10-8-6-5-7-9-11-14(15)13(3)4;1-11(2)7-5-6-9-13(14,15)10-8-12(3)4;1-11(2)9-7-5-6-8-10-13(14)12(3)4;1-12(2)10-8-6-5-7-9-11-13(3)4;1-11(2)7-5-6-9-13-10-8-12(3)4;1-9(2)5-6-11-8-12(11)7-10(3)4;1-10(2)5-6-12(7-8-12)9-11(3)4;2*1-11(2)9-7-5-6-8-10-12(3)4;1-9(2)7-5-6-8-10(3)4/h12-13H,5-11H2,1-4H3;11-12H,5-10H2,1-4H3;11-12H,5-10H2,1-4H3;12-13H,5-11H2,1-4H3;11-12H,5-10H2,1-4H3;9-12H,5-8H2,1-4H3;10-11H,5-9H2,1-4H3;7,9,11-12H,5-6,8,10H2,1-4H3;5-6,11-12H,7-10H2,1-4H3;9-10H,5-8H2,1-4H3/b;;;;;;;9-7-;6-5+;. The van der Waals surface area contributed by atoms with Gasteiger partial charge in [-0.3, -0.25) is 9.59 Å². The lowest BCUT2D eigenvalue weighted by molar-refractivity contribution is -0.122. The molecule has 0 aromatic rings. The largest absolute Gasteiger partial charge is 0.381 e. The van der Waals surface area contributed by atoms with E-state index in [1.807, 2.05) is 41.5 Å². The van der Waals surface area contributed by atoms with Gasteiger partial charge in [0.2, 0.25) is 5.92 Å². The number of Topliss-reactive ketones (excluding diaryl/α,β-unsaturated/α-hetero) is 2. The number of hydrogen-bond acceptors (Lipinski definition) is 3. The minimum Gasteiger partial charge on any atom is -0.381 e. The first-order chi connectivity index (χ1) is 59.7. The van der Waals surface area contributed by atoms with E-state index >= 15 is 0 Å². The van der Waals surface area contributed by atoms with Crippen LogP contribution in [-0.2, 0) is 14.3 Å². The van der Waals surface area contributed by atoms with Crippen LogP contribution in [0, 0.1) is 136 Å². The van der Waals surface area contributed by atoms with Gasteiger partial charge in [-0.2, -0.15) is 0 Å². The van der Waals surface area contributed by atoms with E-state index in [1.54, 1.807) is 0 Å². The number of carbonyl (C=O) groups is 2. The molecule has 0 aliphatic heterocycles. The fourth-order valence-electron chi connectivity index (χ4n) is 15.2. The number of unbranched alkanes of at least 4 members (excludes halogenated alkanes) is 16. The van der Waals surface area contributed by atoms with Crippen LogP contribution >= 0.6 is 0 Å². The smallest absolute Gasteiger partial charge is 0.248 e. The predicted octanol–water partition coefficient (Wildman–Crippen LogP) is 44.0. The molecular weight excluding hydrogens is 1560 g/mol. The Kier molecular flexibility index (Phi) is 109. The molecule has 0 bridgehead atoms. The summed E-state index contributed by atoms with van der Waals surface area (Å²) >= 11 is 0. The molecule has 2 fully saturated rings. The highest BCUT2D eigenvalue weighted by atomic mass is 19.3. The summed E-state index contributed by atoms with van der Waals surface area (Å²) in [5.74, 6) is 15.9. The lowest BCUT2D eigenvalue weighted by Gasteiger charge is -2.18. The van der Waals surface area contributed by atoms with Gasteiger partial charge in [-0.05, 0) is 246 Å². The highest BCUT2D eigenvalue weighted by Gasteiger charge is 2.42. The number of ketones is 2. The SMILES string of the molecule is CC(C)/C=C\CCCCC(C)C.CC(C)CC/C=C/CCC(C)C.CC(C)CCC1(CC(C)C)CC1.CC(C)CCC1CC1CC(C)C.CC(C)CCCCC(C)C.CC(C)CCCCC(F)(F)CCC(C)C.CC(C)CCCCCCC(=O)C(C)C.CC(C)CCCCCCCC(=O)C(C)C.CC(C)CCCCCCCC(C)C.CC(C)CCCCOCCC(C)C. The van der Waals surface area contributed by atoms with Crippen LogP contribution in [0.5, 0.6) is 0 Å². The van der Waals surface area contributed by atoms with Crippen LogP contribution in [0.15, 0.2) is 24.3 Å². The highest BCUT2D eigenvalue weighted by Crippen LogP contribution is 2.54. The maximum atomic E-state index is 13.3. The molecule has 0 spiro atoms. The second-order valence-corrected chi connectivity index (χ2v) is 49.3. The van der Waals surface area contributed by atoms with Gasteiger partial charge in [0.15, 0.2) is 0 Å². The molecule has 0 heterocycles. The van der Waals surface area contributed by atoms with E-state index in [4.69, 9.17) is 4.74 Å². The number of allylic oxidation sites excluding steroid dienone is 4. The molecule has 5 heteroatoms. The van der Waals surface area contributed by atoms with E-state index in [0.717, 1.165) is 164 Å². The van der Waals surface area contributed by atoms with Crippen LogP contribution in [0.2, 0.25) is 0 Å². The Bertz CT molecular complexity index is 2130. The van der Waals surface area contributed by atoms with Crippen molar-refractivity contribution in [3.05, 3.63) is 24.3 Å². The van der Waals surface area contributed by atoms with Gasteiger partial charge in [-0.15, -0.1) is 0 Å². The Morgan fingerprint density at radius 2 is 0.594 bits per heavy atom. The van der Waals surface area contributed by atoms with Crippen molar-refractivity contribution in [2.75, 3.05) is 13.2 Å². The van der Waals surface area contributed by atoms with E-state index in [-0.39, 0.29) is 24.7 Å². The average Bonchev–Trinajstić information content (AvgIpc) is 1.66. The van der Waals surface area contributed by atoms with E-state index in [0.29, 0.717) is 36.2 Å². The molecular formula is C123H252F2O3. The van der Waals surface area contributed by atoms with Gasteiger partial charge in [0, 0.05) is 50.7 Å². The maximum absolute atomic E-state index is 13.3. The zero-order chi connectivity index (χ0) is 99.9. The van der Waals surface area contributed by atoms with Crippen LogP contribution in [-0.4, -0.2) is 30.7 Å². The zero-order valence-electron chi connectivity index (χ0n) is 96.5. The van der Waals surface area contributed by atoms with Crippen molar-refractivity contribution in [1.29, 1.82) is 0 Å². The van der Waals surface area contributed by atoms with Gasteiger partial charge in [-0.1, -0.05) is 481 Å². The molecule has 0 saturated heterocycles. The van der Waals surface area contributed by atoms with Crippen molar-refractivity contribution in [3.8, 4) is 0 Å². The van der Waals surface area contributed by atoms with E-state index in [9.17, 15) is 18.4 Å². The van der Waals surface area contributed by atoms with Crippen molar-refractivity contribution in [3.63, 3.8) is 0 Å². The first-order valence-corrected chi connectivity index (χ1v) is 57.0. The van der Waals surface area contributed by atoms with Crippen molar-refractivity contribution in [2.45, 2.75) is 610 Å². The summed E-state index contributed by atoms with van der Waals surface area (Å²) in [4.78, 5) is 22.6. The van der Waals surface area contributed by atoms with Crippen LogP contribution in [0.25, 0.3) is 0 Å². The third kappa shape index (κ3) is 142. The van der Waals surface area contributed by atoms with Gasteiger partial charge in [0.05, 0.1) is 0 Å². The molecule has 0 aromatic heterocycles. The quantitative estimate of drug-likeness (QED) is 0.0450. The Morgan fingerprint density at radius 3 is 0.898 bits per heavy atom. The minimum absolute atomic E-state index is 0.0619. The van der Waals surface area contributed by atoms with Gasteiger partial charge < -0.3 is 4.74 Å². The summed E-state index contributed by atoms with van der Waals surface area (Å²) in [6, 6.07) is 0. The van der Waals surface area contributed by atoms with E-state index in [1.165, 1.54) is 263 Å². The van der Waals surface area contributed by atoms with Crippen LogP contribution in [0.3, 0.4) is 0 Å². The summed E-state index contributed by atoms with van der Waals surface area (Å²) in [6.45, 7) is 91.6. The average molecular weight is 1820 g/mol. The Hall–Kier alpha value is -1.36. The van der Waals surface area contributed by atoms with Crippen molar-refractivity contribution in [1.82, 2.24) is 0 Å². The summed E-state index contributed by atoms with van der Waals surface area (Å²) in [5.41, 5.74) is 0.804. The lowest BCUT2D eigenvalue weighted by atomic mass is 9.88. The molecule has 2 atom stereocenters. The monoisotopic (exact) mass is 1820 g/mol. The second kappa shape index (κ2) is 98.7. The molecule has 0 aromatic carbocycles. The number of rotatable bonds is 68. The summed E-state index contributed by atoms with van der Waals surface area (Å²) in [5, 5.41) is 0. The highest BCUT2D eigenvalue weighted by molar-refractivity contribution is 5.80. The molecule has 3 nitrogen and oxygen atoms in total. The molecule has 0 N–H and O–H groups in total. The number of alkyl halides is 2. The summed E-state index contributed by atoms with van der Waals surface area (Å²) < 4.78 is 32.1. The van der Waals surface area contributed by atoms with Gasteiger partial charge >= 0.3 is 0 Å². The Labute approximate surface area is 813 Å². The van der Waals surface area contributed by atoms with E-state index in [2.05, 4.69) is 260 Å². The lowest BCUT2D eigenvalue weighted by Crippen LogP contribution is -2.16. The maximum Gasteiger partial charge on any atom is 0.248 e. The molecule has 2 unspecified atom stereocenters. The second-order valence-electron chi connectivity index (χ2n) is 49.3. The third-order valence-electron chi connectivity index (χ3n) is 24.6. The molecule has 0 amide bonds. The summed E-state index contributed by atoms with van der Waals surface area (Å²) in [7, 11) is 0. The molecule has 2 rings (SSSR count). The Morgan fingerprint density at radius 1 is 0.289 bits per heavy atom. The van der Waals surface area contributed by atoms with Crippen molar-refractivity contribution < 1.29 is 23.1 Å². The normalized spacial score (nSPS) is 14.2. The van der Waals surface area contributed by atoms with Crippen LogP contribution < -0.4 is 0 Å². The molecule has 128 heavy (non-hydrogen) atoms. The number of hydrogen-bond donors (Lipinski definition) is 0. The molecule has 0 radical (unpaired) electrons. The predicted molar refractivity (Wildman–Crippen MR) is 586 cm³/mol. The third-order valence-corrected chi connectivity index (χ3v) is 24.6. The molecule has 2 aliphatic carbocycles. The summed E-state index contributed by atoms with van der Waals surface area (Å²) in [6.07, 6.45) is 73.1. The van der Waals surface area contributed by atoms with Gasteiger partial charge in [-0.25, -0.2) is 8.78 Å². The fourth-order valence-corrected chi connectivity index (χ4v) is 15.2. The minimum atomic E-state index is -2.43. The van der Waals surface area contributed by atoms with Crippen molar-refractivity contribution >= 4 is 11.6 Å². The van der Waals surface area contributed by atoms with Crippen LogP contribution in [0.1, 0.15) is 604 Å². The Balaban J connectivity index is -0.000000209. The first kappa shape index (κ1) is 142. The van der Waals surface area contributed by atoms with Crippen molar-refractivity contribution in [2.24, 2.45) is 136 Å². The zero-order valence-corrected chi connectivity index (χ0v) is 96.5. The van der Waals surface area contributed by atoms with Gasteiger partial charge in [0.25, 0.3) is 0 Å².